The lowest BCUT2D eigenvalue weighted by molar-refractivity contribution is 0.0526. The van der Waals surface area contributed by atoms with Crippen molar-refractivity contribution in [1.29, 1.82) is 0 Å². The number of benzene rings is 1. The van der Waals surface area contributed by atoms with Crippen molar-refractivity contribution in [3.05, 3.63) is 23.8 Å². The molecule has 0 aromatic heterocycles. The molecule has 116 valence electrons. The van der Waals surface area contributed by atoms with Crippen LogP contribution in [0, 0.1) is 5.92 Å². The predicted molar refractivity (Wildman–Crippen MR) is 83.5 cm³/mol. The Balaban J connectivity index is 2.17. The number of nitrogens with zero attached hydrogens (tertiary/aromatic N) is 1. The molecule has 1 heterocycles. The largest absolute Gasteiger partial charge is 0.462 e. The van der Waals surface area contributed by atoms with Gasteiger partial charge in [-0.3, -0.25) is 0 Å². The molecule has 0 saturated carbocycles. The number of piperidine rings is 1. The van der Waals surface area contributed by atoms with E-state index in [2.05, 4.69) is 4.90 Å². The first-order chi connectivity index (χ1) is 10.2. The summed E-state index contributed by atoms with van der Waals surface area (Å²) in [5.41, 5.74) is 8.17. The number of anilines is 2. The van der Waals surface area contributed by atoms with Gasteiger partial charge in [-0.15, -0.1) is 0 Å². The summed E-state index contributed by atoms with van der Waals surface area (Å²) in [4.78, 5) is 14.1. The first kappa shape index (κ1) is 15.6. The molecule has 1 unspecified atom stereocenters. The van der Waals surface area contributed by atoms with Gasteiger partial charge in [-0.05, 0) is 50.3 Å². The lowest BCUT2D eigenvalue weighted by atomic mass is 9.94. The second-order valence-corrected chi connectivity index (χ2v) is 5.46. The Morgan fingerprint density at radius 3 is 3.05 bits per heavy atom. The smallest absolute Gasteiger partial charge is 0.338 e. The zero-order chi connectivity index (χ0) is 15.2. The highest BCUT2D eigenvalue weighted by Gasteiger charge is 2.22. The fourth-order valence-electron chi connectivity index (χ4n) is 2.86. The van der Waals surface area contributed by atoms with E-state index in [1.165, 1.54) is 0 Å². The molecule has 0 bridgehead atoms. The van der Waals surface area contributed by atoms with Crippen molar-refractivity contribution in [3.8, 4) is 0 Å². The number of aliphatic hydroxyl groups excluding tert-OH is 1. The van der Waals surface area contributed by atoms with Crippen molar-refractivity contribution in [1.82, 2.24) is 0 Å². The van der Waals surface area contributed by atoms with Gasteiger partial charge >= 0.3 is 5.97 Å². The lowest BCUT2D eigenvalue weighted by Gasteiger charge is -2.35. The average molecular weight is 292 g/mol. The number of esters is 1. The van der Waals surface area contributed by atoms with E-state index in [4.69, 9.17) is 15.6 Å². The number of carbonyl (C=O) groups is 1. The van der Waals surface area contributed by atoms with Crippen LogP contribution in [0.4, 0.5) is 11.4 Å². The Morgan fingerprint density at radius 1 is 1.52 bits per heavy atom. The van der Waals surface area contributed by atoms with Crippen molar-refractivity contribution in [2.75, 3.05) is 36.9 Å². The van der Waals surface area contributed by atoms with Crippen LogP contribution in [0.15, 0.2) is 18.2 Å². The summed E-state index contributed by atoms with van der Waals surface area (Å²) in [6.45, 7) is 4.17. The van der Waals surface area contributed by atoms with Crippen LogP contribution in [0.5, 0.6) is 0 Å². The molecule has 0 amide bonds. The van der Waals surface area contributed by atoms with Gasteiger partial charge in [0, 0.05) is 19.7 Å². The van der Waals surface area contributed by atoms with E-state index in [0.717, 1.165) is 38.0 Å². The van der Waals surface area contributed by atoms with E-state index in [0.29, 0.717) is 23.8 Å². The third-order valence-corrected chi connectivity index (χ3v) is 3.94. The number of nitrogens with two attached hydrogens (primary N) is 1. The van der Waals surface area contributed by atoms with Gasteiger partial charge in [0.1, 0.15) is 0 Å². The third-order valence-electron chi connectivity index (χ3n) is 3.94. The number of rotatable bonds is 5. The van der Waals surface area contributed by atoms with E-state index in [-0.39, 0.29) is 12.6 Å². The predicted octanol–water partition coefficient (Wildman–Crippen LogP) is 2.04. The van der Waals surface area contributed by atoms with E-state index < -0.39 is 0 Å². The van der Waals surface area contributed by atoms with Crippen molar-refractivity contribution in [2.45, 2.75) is 26.2 Å². The van der Waals surface area contributed by atoms with Gasteiger partial charge in [-0.2, -0.15) is 0 Å². The van der Waals surface area contributed by atoms with Crippen LogP contribution in [-0.4, -0.2) is 37.4 Å². The number of aliphatic hydroxyl groups is 1. The normalized spacial score (nSPS) is 18.6. The standard InChI is InChI=1S/C16H24N2O3/c1-2-21-16(20)13-5-6-14(17)15(10-13)18-8-3-4-12(11-18)7-9-19/h5-6,10,12,19H,2-4,7-9,11,17H2,1H3. The maximum Gasteiger partial charge on any atom is 0.338 e. The molecular weight excluding hydrogens is 268 g/mol. The van der Waals surface area contributed by atoms with Gasteiger partial charge in [-0.25, -0.2) is 4.79 Å². The van der Waals surface area contributed by atoms with Crippen LogP contribution in [0.25, 0.3) is 0 Å². The Kier molecular flexibility index (Phi) is 5.44. The summed E-state index contributed by atoms with van der Waals surface area (Å²) in [6.07, 6.45) is 3.02. The molecule has 2 rings (SSSR count). The van der Waals surface area contributed by atoms with E-state index in [1.54, 1.807) is 19.1 Å². The molecule has 1 aromatic rings. The minimum atomic E-state index is -0.317. The summed E-state index contributed by atoms with van der Waals surface area (Å²) in [5.74, 6) is 0.164. The first-order valence-electron chi connectivity index (χ1n) is 7.58. The summed E-state index contributed by atoms with van der Waals surface area (Å²) >= 11 is 0. The van der Waals surface area contributed by atoms with Crippen molar-refractivity contribution < 1.29 is 14.6 Å². The van der Waals surface area contributed by atoms with Gasteiger partial charge in [0.2, 0.25) is 0 Å². The zero-order valence-electron chi connectivity index (χ0n) is 12.5. The van der Waals surface area contributed by atoms with Crippen molar-refractivity contribution in [3.63, 3.8) is 0 Å². The monoisotopic (exact) mass is 292 g/mol. The average Bonchev–Trinajstić information content (AvgIpc) is 2.48. The Labute approximate surface area is 125 Å². The Hall–Kier alpha value is -1.75. The minimum absolute atomic E-state index is 0.219. The molecule has 1 aliphatic rings. The Bertz CT molecular complexity index is 488. The Morgan fingerprint density at radius 2 is 2.33 bits per heavy atom. The van der Waals surface area contributed by atoms with E-state index in [9.17, 15) is 4.79 Å². The molecule has 1 fully saturated rings. The molecule has 1 atom stereocenters. The fourth-order valence-corrected chi connectivity index (χ4v) is 2.86. The maximum atomic E-state index is 11.8. The molecule has 1 saturated heterocycles. The molecule has 0 radical (unpaired) electrons. The summed E-state index contributed by atoms with van der Waals surface area (Å²) in [6, 6.07) is 5.28. The first-order valence-corrected chi connectivity index (χ1v) is 7.58. The van der Waals surface area contributed by atoms with Crippen molar-refractivity contribution in [2.24, 2.45) is 5.92 Å². The molecular formula is C16H24N2O3. The molecule has 21 heavy (non-hydrogen) atoms. The maximum absolute atomic E-state index is 11.8. The molecule has 1 aromatic carbocycles. The van der Waals surface area contributed by atoms with Crippen LogP contribution in [-0.2, 0) is 4.74 Å². The number of carbonyl (C=O) groups excluding carboxylic acids is 1. The highest BCUT2D eigenvalue weighted by Crippen LogP contribution is 2.30. The number of hydrogen-bond acceptors (Lipinski definition) is 5. The third kappa shape index (κ3) is 3.88. The highest BCUT2D eigenvalue weighted by molar-refractivity contribution is 5.92. The van der Waals surface area contributed by atoms with Crippen LogP contribution in [0.3, 0.4) is 0 Å². The lowest BCUT2D eigenvalue weighted by Crippen LogP contribution is -2.36. The number of ether oxygens (including phenoxy) is 1. The van der Waals surface area contributed by atoms with Crippen LogP contribution >= 0.6 is 0 Å². The molecule has 0 aliphatic carbocycles. The fraction of sp³-hybridized carbons (Fsp3) is 0.562. The zero-order valence-corrected chi connectivity index (χ0v) is 12.5. The molecule has 3 N–H and O–H groups in total. The SMILES string of the molecule is CCOC(=O)c1ccc(N)c(N2CCCC(CCO)C2)c1. The van der Waals surface area contributed by atoms with Gasteiger partial charge < -0.3 is 20.5 Å². The second-order valence-electron chi connectivity index (χ2n) is 5.46. The highest BCUT2D eigenvalue weighted by atomic mass is 16.5. The summed E-state index contributed by atoms with van der Waals surface area (Å²) in [5, 5.41) is 9.10. The number of hydrogen-bond donors (Lipinski definition) is 2. The number of nitrogen functional groups attached to an aromatic ring is 1. The summed E-state index contributed by atoms with van der Waals surface area (Å²) in [7, 11) is 0. The van der Waals surface area contributed by atoms with Gasteiger partial charge in [0.25, 0.3) is 0 Å². The minimum Gasteiger partial charge on any atom is -0.462 e. The molecule has 0 spiro atoms. The second kappa shape index (κ2) is 7.31. The van der Waals surface area contributed by atoms with E-state index in [1.807, 2.05) is 6.07 Å². The molecule has 1 aliphatic heterocycles. The van der Waals surface area contributed by atoms with Gasteiger partial charge in [0.15, 0.2) is 0 Å². The van der Waals surface area contributed by atoms with Gasteiger partial charge in [0.05, 0.1) is 23.5 Å². The van der Waals surface area contributed by atoms with Crippen molar-refractivity contribution >= 4 is 17.3 Å². The van der Waals surface area contributed by atoms with Crippen LogP contribution < -0.4 is 10.6 Å². The van der Waals surface area contributed by atoms with E-state index >= 15 is 0 Å². The van der Waals surface area contributed by atoms with Crippen LogP contribution in [0.1, 0.15) is 36.5 Å². The topological polar surface area (TPSA) is 75.8 Å². The van der Waals surface area contributed by atoms with Gasteiger partial charge in [-0.1, -0.05) is 0 Å². The molecule has 5 nitrogen and oxygen atoms in total. The quantitative estimate of drug-likeness (QED) is 0.641. The van der Waals surface area contributed by atoms with Crippen LogP contribution in [0.2, 0.25) is 0 Å². The molecule has 5 heteroatoms. The summed E-state index contributed by atoms with van der Waals surface area (Å²) < 4.78 is 5.04.